The molecule has 1 aliphatic rings. The molecule has 0 fully saturated rings. The van der Waals surface area contributed by atoms with Crippen LogP contribution in [-0.2, 0) is 20.7 Å². The number of ether oxygens (including phenoxy) is 2. The Morgan fingerprint density at radius 2 is 2.05 bits per heavy atom. The number of hydrogen-bond donors (Lipinski definition) is 0. The van der Waals surface area contributed by atoms with Crippen molar-refractivity contribution in [2.45, 2.75) is 12.7 Å². The third kappa shape index (κ3) is 2.38. The number of carbonyl (C=O) groups is 2. The SMILES string of the molecule is O=C(Cc1ccccc1)OC1OC(=O)c2cnccc21. The molecule has 1 aromatic carbocycles. The number of esters is 2. The minimum absolute atomic E-state index is 0.134. The lowest BCUT2D eigenvalue weighted by atomic mass is 10.1. The van der Waals surface area contributed by atoms with Crippen molar-refractivity contribution in [1.82, 2.24) is 4.98 Å². The van der Waals surface area contributed by atoms with Gasteiger partial charge in [-0.1, -0.05) is 30.3 Å². The molecule has 1 unspecified atom stereocenters. The lowest BCUT2D eigenvalue weighted by Gasteiger charge is -2.11. The average molecular weight is 269 g/mol. The fourth-order valence-corrected chi connectivity index (χ4v) is 2.02. The number of aromatic nitrogens is 1. The summed E-state index contributed by atoms with van der Waals surface area (Å²) in [6.45, 7) is 0. The van der Waals surface area contributed by atoms with E-state index in [1.54, 1.807) is 6.07 Å². The Bertz CT molecular complexity index is 654. The van der Waals surface area contributed by atoms with Gasteiger partial charge >= 0.3 is 11.9 Å². The predicted octanol–water partition coefficient (Wildman–Crippen LogP) is 2.04. The van der Waals surface area contributed by atoms with Crippen LogP contribution in [0.1, 0.15) is 27.8 Å². The van der Waals surface area contributed by atoms with Gasteiger partial charge in [-0.3, -0.25) is 9.78 Å². The monoisotopic (exact) mass is 269 g/mol. The van der Waals surface area contributed by atoms with E-state index in [4.69, 9.17) is 9.47 Å². The van der Waals surface area contributed by atoms with Crippen LogP contribution >= 0.6 is 0 Å². The van der Waals surface area contributed by atoms with E-state index in [1.807, 2.05) is 30.3 Å². The van der Waals surface area contributed by atoms with Crippen molar-refractivity contribution in [2.24, 2.45) is 0 Å². The molecule has 0 N–H and O–H groups in total. The van der Waals surface area contributed by atoms with Gasteiger partial charge < -0.3 is 9.47 Å². The summed E-state index contributed by atoms with van der Waals surface area (Å²) in [5, 5.41) is 0. The highest BCUT2D eigenvalue weighted by Crippen LogP contribution is 2.30. The molecule has 1 aliphatic heterocycles. The first-order valence-electron chi connectivity index (χ1n) is 6.12. The van der Waals surface area contributed by atoms with E-state index in [-0.39, 0.29) is 6.42 Å². The highest BCUT2D eigenvalue weighted by molar-refractivity contribution is 5.93. The lowest BCUT2D eigenvalue weighted by Crippen LogP contribution is -2.13. The molecule has 5 nitrogen and oxygen atoms in total. The molecule has 0 amide bonds. The van der Waals surface area contributed by atoms with Gasteiger partial charge in [-0.25, -0.2) is 4.79 Å². The van der Waals surface area contributed by atoms with E-state index in [2.05, 4.69) is 4.98 Å². The first-order valence-corrected chi connectivity index (χ1v) is 6.12. The van der Waals surface area contributed by atoms with Crippen LogP contribution in [0.5, 0.6) is 0 Å². The molecule has 0 aliphatic carbocycles. The van der Waals surface area contributed by atoms with Gasteiger partial charge in [0.25, 0.3) is 6.29 Å². The van der Waals surface area contributed by atoms with E-state index < -0.39 is 18.2 Å². The van der Waals surface area contributed by atoms with Crippen LogP contribution in [-0.4, -0.2) is 16.9 Å². The van der Waals surface area contributed by atoms with Crippen LogP contribution in [0.3, 0.4) is 0 Å². The molecule has 3 rings (SSSR count). The highest BCUT2D eigenvalue weighted by Gasteiger charge is 2.33. The second kappa shape index (κ2) is 5.13. The van der Waals surface area contributed by atoms with Gasteiger partial charge in [0, 0.05) is 12.4 Å². The molecule has 2 aromatic rings. The third-order valence-electron chi connectivity index (χ3n) is 2.97. The lowest BCUT2D eigenvalue weighted by molar-refractivity contribution is -0.166. The number of rotatable bonds is 3. The van der Waals surface area contributed by atoms with Gasteiger partial charge in [-0.05, 0) is 11.6 Å². The van der Waals surface area contributed by atoms with Gasteiger partial charge in [0.1, 0.15) is 0 Å². The third-order valence-corrected chi connectivity index (χ3v) is 2.97. The van der Waals surface area contributed by atoms with E-state index in [9.17, 15) is 9.59 Å². The Kier molecular flexibility index (Phi) is 3.16. The molecular formula is C15H11NO4. The molecule has 100 valence electrons. The first kappa shape index (κ1) is 12.3. The smallest absolute Gasteiger partial charge is 0.343 e. The number of benzene rings is 1. The fourth-order valence-electron chi connectivity index (χ4n) is 2.02. The number of fused-ring (bicyclic) bond motifs is 1. The van der Waals surface area contributed by atoms with Crippen LogP contribution in [0, 0.1) is 0 Å². The molecular weight excluding hydrogens is 258 g/mol. The van der Waals surface area contributed by atoms with Crippen LogP contribution in [0.15, 0.2) is 48.8 Å². The molecule has 1 aromatic heterocycles. The van der Waals surface area contributed by atoms with Gasteiger partial charge in [-0.2, -0.15) is 0 Å². The van der Waals surface area contributed by atoms with Crippen LogP contribution in [0.25, 0.3) is 0 Å². The summed E-state index contributed by atoms with van der Waals surface area (Å²) in [7, 11) is 0. The highest BCUT2D eigenvalue weighted by atomic mass is 16.7. The zero-order valence-corrected chi connectivity index (χ0v) is 10.5. The maximum absolute atomic E-state index is 11.9. The average Bonchev–Trinajstić information content (AvgIpc) is 2.77. The van der Waals surface area contributed by atoms with Crippen molar-refractivity contribution in [3.63, 3.8) is 0 Å². The topological polar surface area (TPSA) is 65.5 Å². The summed E-state index contributed by atoms with van der Waals surface area (Å²) in [5.41, 5.74) is 1.72. The second-order valence-electron chi connectivity index (χ2n) is 4.35. The molecule has 20 heavy (non-hydrogen) atoms. The summed E-state index contributed by atoms with van der Waals surface area (Å²) in [5.74, 6) is -0.968. The van der Waals surface area contributed by atoms with Crippen molar-refractivity contribution in [2.75, 3.05) is 0 Å². The Morgan fingerprint density at radius 3 is 2.85 bits per heavy atom. The van der Waals surface area contributed by atoms with E-state index in [1.165, 1.54) is 12.4 Å². The summed E-state index contributed by atoms with van der Waals surface area (Å²) >= 11 is 0. The Balaban J connectivity index is 1.70. The molecule has 0 radical (unpaired) electrons. The van der Waals surface area contributed by atoms with Crippen LogP contribution in [0.4, 0.5) is 0 Å². The van der Waals surface area contributed by atoms with Crippen molar-refractivity contribution in [3.8, 4) is 0 Å². The Morgan fingerprint density at radius 1 is 1.25 bits per heavy atom. The van der Waals surface area contributed by atoms with E-state index in [0.717, 1.165) is 5.56 Å². The van der Waals surface area contributed by atoms with Crippen molar-refractivity contribution >= 4 is 11.9 Å². The quantitative estimate of drug-likeness (QED) is 0.798. The van der Waals surface area contributed by atoms with E-state index in [0.29, 0.717) is 11.1 Å². The Hall–Kier alpha value is -2.69. The van der Waals surface area contributed by atoms with Crippen molar-refractivity contribution < 1.29 is 19.1 Å². The van der Waals surface area contributed by atoms with Crippen molar-refractivity contribution in [1.29, 1.82) is 0 Å². The van der Waals surface area contributed by atoms with Gasteiger partial charge in [0.2, 0.25) is 0 Å². The van der Waals surface area contributed by atoms with E-state index >= 15 is 0 Å². The van der Waals surface area contributed by atoms with Gasteiger partial charge in [0.05, 0.1) is 17.5 Å². The number of carbonyl (C=O) groups excluding carboxylic acids is 2. The molecule has 5 heteroatoms. The van der Waals surface area contributed by atoms with Crippen molar-refractivity contribution in [3.05, 3.63) is 65.5 Å². The van der Waals surface area contributed by atoms with Crippen LogP contribution in [0.2, 0.25) is 0 Å². The fraction of sp³-hybridized carbons (Fsp3) is 0.133. The molecule has 0 bridgehead atoms. The number of hydrogen-bond acceptors (Lipinski definition) is 5. The zero-order valence-electron chi connectivity index (χ0n) is 10.5. The molecule has 0 spiro atoms. The van der Waals surface area contributed by atoms with Gasteiger partial charge in [0.15, 0.2) is 0 Å². The molecule has 0 saturated carbocycles. The standard InChI is InChI=1S/C15H11NO4/c17-13(8-10-4-2-1-3-5-10)19-15-11-6-7-16-9-12(11)14(18)20-15/h1-7,9,15H,8H2. The Labute approximate surface area is 115 Å². The number of pyridine rings is 1. The summed E-state index contributed by atoms with van der Waals surface area (Å²) in [6, 6.07) is 10.8. The maximum atomic E-state index is 11.9. The normalized spacial score (nSPS) is 16.4. The summed E-state index contributed by atoms with van der Waals surface area (Å²) in [4.78, 5) is 27.3. The number of cyclic esters (lactones) is 1. The molecule has 0 saturated heterocycles. The minimum atomic E-state index is -0.975. The zero-order chi connectivity index (χ0) is 13.9. The first-order chi connectivity index (χ1) is 9.74. The summed E-state index contributed by atoms with van der Waals surface area (Å²) < 4.78 is 10.2. The molecule has 1 atom stereocenters. The largest absolute Gasteiger partial charge is 0.420 e. The molecule has 2 heterocycles. The van der Waals surface area contributed by atoms with Gasteiger partial charge in [-0.15, -0.1) is 0 Å². The van der Waals surface area contributed by atoms with Crippen LogP contribution < -0.4 is 0 Å². The maximum Gasteiger partial charge on any atom is 0.343 e. The second-order valence-corrected chi connectivity index (χ2v) is 4.35. The number of nitrogens with zero attached hydrogens (tertiary/aromatic N) is 1. The minimum Gasteiger partial charge on any atom is -0.420 e. The summed E-state index contributed by atoms with van der Waals surface area (Å²) in [6.07, 6.45) is 2.09. The predicted molar refractivity (Wildman–Crippen MR) is 68.6 cm³/mol.